The Morgan fingerprint density at radius 3 is 2.85 bits per heavy atom. The second kappa shape index (κ2) is 6.32. The molecule has 1 heterocycles. The van der Waals surface area contributed by atoms with Crippen LogP contribution in [0.2, 0.25) is 0 Å². The van der Waals surface area contributed by atoms with E-state index in [2.05, 4.69) is 10.3 Å². The Balaban J connectivity index is 2.01. The maximum Gasteiger partial charge on any atom is 0.172 e. The number of ether oxygens (including phenoxy) is 1. The molecule has 5 heteroatoms. The Morgan fingerprint density at radius 1 is 1.40 bits per heavy atom. The first-order valence-corrected chi connectivity index (χ1v) is 6.70. The average molecular weight is 273 g/mol. The summed E-state index contributed by atoms with van der Waals surface area (Å²) in [7, 11) is 0. The number of hydrogen-bond donors (Lipinski definition) is 0. The number of aryl methyl sites for hydroxylation is 1. The summed E-state index contributed by atoms with van der Waals surface area (Å²) in [5.41, 5.74) is 2.43. The van der Waals surface area contributed by atoms with Crippen LogP contribution in [0.5, 0.6) is 5.75 Å². The molecule has 0 N–H and O–H groups in total. The molecule has 0 unspecified atom stereocenters. The van der Waals surface area contributed by atoms with E-state index in [9.17, 15) is 4.79 Å². The molecule has 0 saturated heterocycles. The largest absolute Gasteiger partial charge is 0.492 e. The van der Waals surface area contributed by atoms with Gasteiger partial charge >= 0.3 is 0 Å². The fraction of sp³-hybridized carbons (Fsp3) is 0.400. The number of rotatable bonds is 6. The monoisotopic (exact) mass is 273 g/mol. The Kier molecular flexibility index (Phi) is 4.50. The molecule has 0 spiro atoms. The van der Waals surface area contributed by atoms with Gasteiger partial charge in [0.15, 0.2) is 6.29 Å². The minimum absolute atomic E-state index is 0.198. The number of nitrogens with zero attached hydrogens (tertiary/aromatic N) is 3. The molecule has 0 bridgehead atoms. The summed E-state index contributed by atoms with van der Waals surface area (Å²) in [6.45, 7) is 7.12. The van der Waals surface area contributed by atoms with Crippen LogP contribution < -0.4 is 4.74 Å². The van der Waals surface area contributed by atoms with Gasteiger partial charge in [0.2, 0.25) is 0 Å². The maximum atomic E-state index is 10.9. The normalized spacial score (nSPS) is 10.8. The maximum absolute atomic E-state index is 10.9. The van der Waals surface area contributed by atoms with E-state index < -0.39 is 0 Å². The van der Waals surface area contributed by atoms with Gasteiger partial charge in [-0.25, -0.2) is 4.68 Å². The quantitative estimate of drug-likeness (QED) is 0.759. The lowest BCUT2D eigenvalue weighted by atomic mass is 10.1. The van der Waals surface area contributed by atoms with Crippen LogP contribution in [0.3, 0.4) is 0 Å². The van der Waals surface area contributed by atoms with Crippen LogP contribution in [0, 0.1) is 6.92 Å². The van der Waals surface area contributed by atoms with Crippen molar-refractivity contribution in [3.05, 3.63) is 41.2 Å². The summed E-state index contributed by atoms with van der Waals surface area (Å²) in [6.07, 6.45) is 0.750. The van der Waals surface area contributed by atoms with Crippen LogP contribution in [-0.2, 0) is 6.54 Å². The SMILES string of the molecule is Cc1cccc(OCCn2nnc(C=O)c2C(C)C)c1. The van der Waals surface area contributed by atoms with E-state index >= 15 is 0 Å². The van der Waals surface area contributed by atoms with Gasteiger partial charge in [-0.15, -0.1) is 5.10 Å². The molecule has 2 aromatic rings. The van der Waals surface area contributed by atoms with Crippen molar-refractivity contribution in [2.45, 2.75) is 33.2 Å². The first kappa shape index (κ1) is 14.2. The molecule has 0 aliphatic carbocycles. The van der Waals surface area contributed by atoms with E-state index in [0.29, 0.717) is 18.8 Å². The third-order valence-corrected chi connectivity index (χ3v) is 3.02. The van der Waals surface area contributed by atoms with E-state index in [4.69, 9.17) is 4.74 Å². The Labute approximate surface area is 118 Å². The van der Waals surface area contributed by atoms with E-state index in [-0.39, 0.29) is 5.92 Å². The zero-order valence-corrected chi connectivity index (χ0v) is 12.0. The van der Waals surface area contributed by atoms with E-state index in [1.807, 2.05) is 45.0 Å². The predicted molar refractivity (Wildman–Crippen MR) is 76.2 cm³/mol. The van der Waals surface area contributed by atoms with Crippen molar-refractivity contribution in [2.24, 2.45) is 0 Å². The molecule has 0 aliphatic rings. The van der Waals surface area contributed by atoms with Crippen molar-refractivity contribution >= 4 is 6.29 Å². The molecular formula is C15H19N3O2. The second-order valence-electron chi connectivity index (χ2n) is 5.02. The highest BCUT2D eigenvalue weighted by atomic mass is 16.5. The van der Waals surface area contributed by atoms with E-state index in [1.165, 1.54) is 0 Å². The fourth-order valence-electron chi connectivity index (χ4n) is 2.13. The summed E-state index contributed by atoms with van der Waals surface area (Å²) in [5, 5.41) is 7.90. The zero-order chi connectivity index (χ0) is 14.5. The van der Waals surface area contributed by atoms with Crippen molar-refractivity contribution in [1.82, 2.24) is 15.0 Å². The highest BCUT2D eigenvalue weighted by Crippen LogP contribution is 2.16. The molecule has 1 aromatic heterocycles. The minimum atomic E-state index is 0.198. The molecule has 0 fully saturated rings. The van der Waals surface area contributed by atoms with Crippen molar-refractivity contribution in [3.63, 3.8) is 0 Å². The van der Waals surface area contributed by atoms with Gasteiger partial charge in [0.05, 0.1) is 12.2 Å². The summed E-state index contributed by atoms with van der Waals surface area (Å²) >= 11 is 0. The second-order valence-corrected chi connectivity index (χ2v) is 5.02. The first-order chi connectivity index (χ1) is 9.61. The number of carbonyl (C=O) groups is 1. The van der Waals surface area contributed by atoms with Gasteiger partial charge < -0.3 is 4.74 Å². The van der Waals surface area contributed by atoms with Crippen LogP contribution in [0.4, 0.5) is 0 Å². The average Bonchev–Trinajstić information content (AvgIpc) is 2.82. The molecule has 0 amide bonds. The summed E-state index contributed by atoms with van der Waals surface area (Å²) in [5.74, 6) is 1.04. The number of benzene rings is 1. The Hall–Kier alpha value is -2.17. The number of aldehydes is 1. The van der Waals surface area contributed by atoms with Gasteiger partial charge in [0.25, 0.3) is 0 Å². The molecule has 106 valence electrons. The summed E-state index contributed by atoms with van der Waals surface area (Å²) < 4.78 is 7.43. The first-order valence-electron chi connectivity index (χ1n) is 6.70. The summed E-state index contributed by atoms with van der Waals surface area (Å²) in [6, 6.07) is 7.90. The van der Waals surface area contributed by atoms with Crippen molar-refractivity contribution in [1.29, 1.82) is 0 Å². The molecule has 5 nitrogen and oxygen atoms in total. The Bertz CT molecular complexity index is 591. The third-order valence-electron chi connectivity index (χ3n) is 3.02. The fourth-order valence-corrected chi connectivity index (χ4v) is 2.13. The van der Waals surface area contributed by atoms with E-state index in [0.717, 1.165) is 23.3 Å². The summed E-state index contributed by atoms with van der Waals surface area (Å²) in [4.78, 5) is 10.9. The third kappa shape index (κ3) is 3.23. The van der Waals surface area contributed by atoms with E-state index in [1.54, 1.807) is 4.68 Å². The topological polar surface area (TPSA) is 57.0 Å². The van der Waals surface area contributed by atoms with Crippen molar-refractivity contribution in [3.8, 4) is 5.75 Å². The molecule has 1 aromatic carbocycles. The molecule has 2 rings (SSSR count). The Morgan fingerprint density at radius 2 is 2.20 bits per heavy atom. The van der Waals surface area contributed by atoms with Gasteiger partial charge in [-0.05, 0) is 30.5 Å². The number of hydrogen-bond acceptors (Lipinski definition) is 4. The predicted octanol–water partition coefficient (Wildman–Crippen LogP) is 2.60. The molecular weight excluding hydrogens is 254 g/mol. The molecule has 0 saturated carbocycles. The van der Waals surface area contributed by atoms with Gasteiger partial charge in [-0.3, -0.25) is 4.79 Å². The number of aromatic nitrogens is 3. The van der Waals surface area contributed by atoms with Gasteiger partial charge in [-0.1, -0.05) is 31.2 Å². The zero-order valence-electron chi connectivity index (χ0n) is 12.0. The van der Waals surface area contributed by atoms with Crippen molar-refractivity contribution < 1.29 is 9.53 Å². The van der Waals surface area contributed by atoms with Gasteiger partial charge in [0, 0.05) is 0 Å². The standard InChI is InChI=1S/C15H19N3O2/c1-11(2)15-14(10-19)16-17-18(15)7-8-20-13-6-4-5-12(3)9-13/h4-6,9-11H,7-8H2,1-3H3. The van der Waals surface area contributed by atoms with Crippen LogP contribution in [0.15, 0.2) is 24.3 Å². The van der Waals surface area contributed by atoms with Crippen molar-refractivity contribution in [2.75, 3.05) is 6.61 Å². The van der Waals surface area contributed by atoms with Gasteiger partial charge in [0.1, 0.15) is 18.1 Å². The molecule has 0 radical (unpaired) electrons. The molecule has 0 atom stereocenters. The molecule has 0 aliphatic heterocycles. The van der Waals surface area contributed by atoms with Crippen LogP contribution in [0.1, 0.15) is 41.5 Å². The lowest BCUT2D eigenvalue weighted by molar-refractivity contribution is 0.111. The van der Waals surface area contributed by atoms with Crippen LogP contribution in [-0.4, -0.2) is 27.9 Å². The number of carbonyl (C=O) groups excluding carboxylic acids is 1. The minimum Gasteiger partial charge on any atom is -0.492 e. The van der Waals surface area contributed by atoms with Crippen LogP contribution in [0.25, 0.3) is 0 Å². The highest BCUT2D eigenvalue weighted by Gasteiger charge is 2.15. The van der Waals surface area contributed by atoms with Gasteiger partial charge in [-0.2, -0.15) is 0 Å². The highest BCUT2D eigenvalue weighted by molar-refractivity contribution is 5.73. The smallest absolute Gasteiger partial charge is 0.172 e. The lowest BCUT2D eigenvalue weighted by Crippen LogP contribution is -2.13. The molecule has 20 heavy (non-hydrogen) atoms. The lowest BCUT2D eigenvalue weighted by Gasteiger charge is -2.11. The van der Waals surface area contributed by atoms with Crippen LogP contribution >= 0.6 is 0 Å².